The Labute approximate surface area is 393 Å². The minimum absolute atomic E-state index is 0.00347. The van der Waals surface area contributed by atoms with Crippen molar-refractivity contribution in [1.29, 1.82) is 0 Å². The zero-order chi connectivity index (χ0) is 49.0. The summed E-state index contributed by atoms with van der Waals surface area (Å²) in [6.45, 7) is 12.4. The molecule has 8 aliphatic rings. The minimum atomic E-state index is -1.81. The first-order valence-corrected chi connectivity index (χ1v) is 25.0. The number of hydrogen-bond donors (Lipinski definition) is 12. The fraction of sp³-hybridized carbons (Fsp3) is 0.939. The summed E-state index contributed by atoms with van der Waals surface area (Å²) in [6, 6.07) is 0. The number of carbonyl (C=O) groups excluding carboxylic acids is 1. The van der Waals surface area contributed by atoms with Crippen LogP contribution in [0.2, 0.25) is 0 Å². The van der Waals surface area contributed by atoms with E-state index >= 15 is 0 Å². The highest BCUT2D eigenvalue weighted by molar-refractivity contribution is 5.73. The third-order valence-electron chi connectivity index (χ3n) is 19.6. The van der Waals surface area contributed by atoms with Crippen molar-refractivity contribution in [2.75, 3.05) is 19.8 Å². The molecule has 5 saturated carbocycles. The third kappa shape index (κ3) is 8.49. The van der Waals surface area contributed by atoms with Gasteiger partial charge in [0.25, 0.3) is 0 Å². The van der Waals surface area contributed by atoms with Crippen LogP contribution in [-0.2, 0) is 28.5 Å². The third-order valence-corrected chi connectivity index (χ3v) is 19.6. The lowest BCUT2D eigenvalue weighted by Crippen LogP contribution is -2.68. The highest BCUT2D eigenvalue weighted by atomic mass is 16.7. The molecule has 0 radical (unpaired) electrons. The molecule has 0 aromatic carbocycles. The molecule has 0 amide bonds. The molecule has 2 heterocycles. The molecule has 0 aromatic rings. The molecule has 20 unspecified atom stereocenters. The van der Waals surface area contributed by atoms with Crippen molar-refractivity contribution in [3.63, 3.8) is 0 Å². The van der Waals surface area contributed by atoms with Crippen LogP contribution in [-0.4, -0.2) is 185 Å². The highest BCUT2D eigenvalue weighted by Gasteiger charge is 2.68. The number of ether oxygens (including phenoxy) is 5. The van der Waals surface area contributed by atoms with E-state index in [1.807, 2.05) is 0 Å². The average molecular weight is 957 g/mol. The van der Waals surface area contributed by atoms with Crippen LogP contribution in [0.25, 0.3) is 0 Å². The highest BCUT2D eigenvalue weighted by Crippen LogP contribution is 2.70. The van der Waals surface area contributed by atoms with Crippen LogP contribution in [0.1, 0.15) is 93.4 Å². The summed E-state index contributed by atoms with van der Waals surface area (Å²) in [7, 11) is 0. The predicted molar refractivity (Wildman–Crippen MR) is 235 cm³/mol. The van der Waals surface area contributed by atoms with Gasteiger partial charge in [0.2, 0.25) is 6.29 Å². The summed E-state index contributed by atoms with van der Waals surface area (Å²) >= 11 is 0. The Balaban J connectivity index is 0.941. The largest absolute Gasteiger partial charge is 0.432 e. The summed E-state index contributed by atoms with van der Waals surface area (Å²) < 4.78 is 29.8. The van der Waals surface area contributed by atoms with Gasteiger partial charge in [0, 0.05) is 17.3 Å². The smallest absolute Gasteiger partial charge is 0.311 e. The number of hydrogen-bond acceptors (Lipinski definition) is 18. The topological polar surface area (TPSA) is 306 Å². The van der Waals surface area contributed by atoms with Gasteiger partial charge in [-0.25, -0.2) is 0 Å². The molecule has 67 heavy (non-hydrogen) atoms. The van der Waals surface area contributed by atoms with Gasteiger partial charge in [-0.05, 0) is 97.2 Å². The molecule has 18 nitrogen and oxygen atoms in total. The molecule has 2 aliphatic heterocycles. The number of aliphatic hydroxyl groups excluding tert-OH is 12. The SMILES string of the molecule is CC1CC(C(=O)O[C@@H]2OC(CO[C@@H]3OC(CO)C(O[C@H]4CC(C)C(O)[C@H](O)[C@@H]4O)[C@@H](C)[C@@H]3O)C(O)[C@@H](O)[C@@H]2O)C2CCC3(C)C(=CCC4C3CC(O)C3C(C)(CO)C(O)C(O)CC43C)C2C1C. The quantitative estimate of drug-likeness (QED) is 0.101. The number of carbonyl (C=O) groups is 1. The van der Waals surface area contributed by atoms with Gasteiger partial charge in [0.1, 0.15) is 48.8 Å². The molecule has 0 spiro atoms. The number of allylic oxidation sites excluding steroid dienone is 2. The van der Waals surface area contributed by atoms with Crippen molar-refractivity contribution >= 4 is 5.97 Å². The summed E-state index contributed by atoms with van der Waals surface area (Å²) in [5, 5.41) is 131. The van der Waals surface area contributed by atoms with Gasteiger partial charge in [0.05, 0.1) is 62.4 Å². The zero-order valence-electron chi connectivity index (χ0n) is 40.0. The molecular formula is C49H80O18. The van der Waals surface area contributed by atoms with Crippen LogP contribution >= 0.6 is 0 Å². The predicted octanol–water partition coefficient (Wildman–Crippen LogP) is -0.657. The van der Waals surface area contributed by atoms with E-state index in [0.717, 1.165) is 6.42 Å². The summed E-state index contributed by atoms with van der Waals surface area (Å²) in [4.78, 5) is 14.4. The first-order chi connectivity index (χ1) is 31.4. The van der Waals surface area contributed by atoms with Gasteiger partial charge >= 0.3 is 5.97 Å². The van der Waals surface area contributed by atoms with Crippen molar-refractivity contribution in [1.82, 2.24) is 0 Å². The first kappa shape index (κ1) is 51.9. The maximum atomic E-state index is 14.4. The monoisotopic (exact) mass is 957 g/mol. The zero-order valence-corrected chi connectivity index (χ0v) is 40.0. The van der Waals surface area contributed by atoms with Gasteiger partial charge in [-0.15, -0.1) is 0 Å². The lowest BCUT2D eigenvalue weighted by atomic mass is 9.37. The fourth-order valence-electron chi connectivity index (χ4n) is 15.5. The van der Waals surface area contributed by atoms with Crippen LogP contribution < -0.4 is 0 Å². The Kier molecular flexibility index (Phi) is 14.9. The van der Waals surface area contributed by atoms with Crippen LogP contribution in [0.4, 0.5) is 0 Å². The number of fused-ring (bicyclic) bond motifs is 7. The van der Waals surface area contributed by atoms with E-state index in [0.29, 0.717) is 32.1 Å². The average Bonchev–Trinajstić information content (AvgIpc) is 3.29. The Hall–Kier alpha value is -1.43. The number of rotatable bonds is 9. The van der Waals surface area contributed by atoms with Crippen molar-refractivity contribution in [3.05, 3.63) is 11.6 Å². The molecule has 12 N–H and O–H groups in total. The number of aliphatic hydroxyl groups is 12. The van der Waals surface area contributed by atoms with Crippen LogP contribution in [0.5, 0.6) is 0 Å². The van der Waals surface area contributed by atoms with Gasteiger partial charge in [-0.3, -0.25) is 4.79 Å². The van der Waals surface area contributed by atoms with Gasteiger partial charge < -0.3 is 85.0 Å². The molecule has 29 atom stereocenters. The van der Waals surface area contributed by atoms with Gasteiger partial charge in [0.15, 0.2) is 6.29 Å². The Morgan fingerprint density at radius 1 is 0.731 bits per heavy atom. The summed E-state index contributed by atoms with van der Waals surface area (Å²) in [5.41, 5.74) is -0.691. The standard InChI is InChI=1S/C49H80O18/c1-19-12-24(23-10-11-47(5)26(33(23)21(19)3)9-8-25-27(47)14-28(52)42-48(25,6)15-29(53)43(61)49(42,7)18-51)44(62)67-46-40(60)39(59)37(57)32(66-46)17-63-45-35(55)22(4)41(31(16-50)65-45)64-30-13-20(2)34(54)38(58)36(30)56/h9,19-25,27-43,45-46,50-61H,8,10-18H2,1-7H3/t19?,20?,21?,22-,23?,24?,25?,27?,28?,29?,30-,31?,32?,33?,34?,35-,36+,37?,38-,39+,40-,41?,42?,43?,45+,46-,47?,48?,49?/m0/s1. The molecule has 2 saturated heterocycles. The molecule has 18 heteroatoms. The lowest BCUT2D eigenvalue weighted by Gasteiger charge is -2.68. The van der Waals surface area contributed by atoms with E-state index in [-0.39, 0.29) is 54.0 Å². The first-order valence-electron chi connectivity index (χ1n) is 25.0. The van der Waals surface area contributed by atoms with Gasteiger partial charge in [-0.1, -0.05) is 60.1 Å². The summed E-state index contributed by atoms with van der Waals surface area (Å²) in [5.74, 6) is -2.44. The Morgan fingerprint density at radius 3 is 2.07 bits per heavy atom. The number of esters is 1. The second-order valence-electron chi connectivity index (χ2n) is 23.3. The maximum Gasteiger partial charge on any atom is 0.311 e. The molecule has 384 valence electrons. The fourth-order valence-corrected chi connectivity index (χ4v) is 15.5. The van der Waals surface area contributed by atoms with Crippen LogP contribution in [0.15, 0.2) is 11.6 Å². The van der Waals surface area contributed by atoms with E-state index in [9.17, 15) is 66.1 Å². The van der Waals surface area contributed by atoms with E-state index in [4.69, 9.17) is 23.7 Å². The summed E-state index contributed by atoms with van der Waals surface area (Å²) in [6.07, 6.45) is -15.1. The Morgan fingerprint density at radius 2 is 1.40 bits per heavy atom. The van der Waals surface area contributed by atoms with Crippen molar-refractivity contribution in [3.8, 4) is 0 Å². The molecular weight excluding hydrogens is 877 g/mol. The molecule has 8 rings (SSSR count). The van der Waals surface area contributed by atoms with Crippen molar-refractivity contribution < 1.29 is 89.8 Å². The van der Waals surface area contributed by atoms with E-state index in [2.05, 4.69) is 33.8 Å². The second kappa shape index (κ2) is 19.2. The normalized spacial score (nSPS) is 56.7. The minimum Gasteiger partial charge on any atom is -0.432 e. The van der Waals surface area contributed by atoms with Crippen LogP contribution in [0, 0.1) is 75.4 Å². The maximum absolute atomic E-state index is 14.4. The second-order valence-corrected chi connectivity index (χ2v) is 23.3. The Bertz CT molecular complexity index is 1790. The molecule has 0 aromatic heterocycles. The van der Waals surface area contributed by atoms with E-state index in [1.54, 1.807) is 20.8 Å². The molecule has 0 bridgehead atoms. The van der Waals surface area contributed by atoms with Gasteiger partial charge in [-0.2, -0.15) is 0 Å². The molecule has 6 aliphatic carbocycles. The molecule has 7 fully saturated rings. The van der Waals surface area contributed by atoms with Crippen LogP contribution in [0.3, 0.4) is 0 Å². The van der Waals surface area contributed by atoms with E-state index in [1.165, 1.54) is 5.57 Å². The lowest BCUT2D eigenvalue weighted by molar-refractivity contribution is -0.330. The van der Waals surface area contributed by atoms with Crippen molar-refractivity contribution in [2.24, 2.45) is 75.4 Å². The van der Waals surface area contributed by atoms with E-state index < -0.39 is 152 Å². The van der Waals surface area contributed by atoms with Crippen molar-refractivity contribution in [2.45, 2.75) is 191 Å².